The number of anilines is 1. The van der Waals surface area contributed by atoms with Gasteiger partial charge in [-0.3, -0.25) is 10.1 Å². The quantitative estimate of drug-likeness (QED) is 0.329. The maximum Gasteiger partial charge on any atom is 0.257 e. The van der Waals surface area contributed by atoms with Crippen LogP contribution in [-0.4, -0.2) is 36.7 Å². The maximum atomic E-state index is 13.2. The van der Waals surface area contributed by atoms with Crippen LogP contribution in [0.4, 0.5) is 5.13 Å². The van der Waals surface area contributed by atoms with E-state index in [1.54, 1.807) is 18.2 Å². The zero-order chi connectivity index (χ0) is 25.0. The predicted molar refractivity (Wildman–Crippen MR) is 140 cm³/mol. The van der Waals surface area contributed by atoms with Crippen molar-refractivity contribution >= 4 is 55.6 Å². The van der Waals surface area contributed by atoms with E-state index in [0.717, 1.165) is 5.56 Å². The first-order valence-electron chi connectivity index (χ1n) is 10.8. The number of thiazole rings is 1. The molecule has 34 heavy (non-hydrogen) atoms. The van der Waals surface area contributed by atoms with E-state index in [4.69, 9.17) is 23.2 Å². The Labute approximate surface area is 215 Å². The minimum Gasteiger partial charge on any atom is -0.298 e. The molecule has 0 aliphatic rings. The first-order chi connectivity index (χ1) is 16.0. The van der Waals surface area contributed by atoms with Gasteiger partial charge in [0.25, 0.3) is 5.91 Å². The summed E-state index contributed by atoms with van der Waals surface area (Å²) in [4.78, 5) is 17.3. The predicted octanol–water partition coefficient (Wildman–Crippen LogP) is 6.67. The molecule has 0 aliphatic heterocycles. The zero-order valence-corrected chi connectivity index (χ0v) is 22.5. The molecule has 182 valence electrons. The summed E-state index contributed by atoms with van der Waals surface area (Å²) in [5.41, 5.74) is 1.79. The van der Waals surface area contributed by atoms with Crippen LogP contribution in [0.1, 0.15) is 38.1 Å². The second kappa shape index (κ2) is 11.2. The number of hydrogen-bond acceptors (Lipinski definition) is 5. The lowest BCUT2D eigenvalue weighted by Gasteiger charge is -2.25. The third-order valence-corrected chi connectivity index (χ3v) is 8.17. The molecule has 0 radical (unpaired) electrons. The zero-order valence-electron chi connectivity index (χ0n) is 19.4. The third kappa shape index (κ3) is 6.58. The van der Waals surface area contributed by atoms with Crippen LogP contribution in [0.25, 0.3) is 11.3 Å². The lowest BCUT2D eigenvalue weighted by Crippen LogP contribution is -2.37. The van der Waals surface area contributed by atoms with Crippen LogP contribution in [0, 0.1) is 11.8 Å². The molecular formula is C24H27Cl2N3O3S2. The third-order valence-electron chi connectivity index (χ3n) is 4.83. The van der Waals surface area contributed by atoms with Crippen molar-refractivity contribution in [2.75, 3.05) is 18.4 Å². The molecule has 1 amide bonds. The smallest absolute Gasteiger partial charge is 0.257 e. The van der Waals surface area contributed by atoms with E-state index in [-0.39, 0.29) is 22.6 Å². The molecule has 0 saturated heterocycles. The number of aromatic nitrogens is 1. The van der Waals surface area contributed by atoms with Crippen LogP contribution < -0.4 is 5.32 Å². The number of hydrogen-bond donors (Lipinski definition) is 1. The Bertz CT molecular complexity index is 1250. The molecule has 0 bridgehead atoms. The second-order valence-corrected chi connectivity index (χ2v) is 12.4. The van der Waals surface area contributed by atoms with E-state index in [1.807, 2.05) is 33.1 Å². The van der Waals surface area contributed by atoms with Gasteiger partial charge in [-0.2, -0.15) is 4.31 Å². The Kier molecular flexibility index (Phi) is 8.76. The van der Waals surface area contributed by atoms with Gasteiger partial charge >= 0.3 is 0 Å². The van der Waals surface area contributed by atoms with Gasteiger partial charge < -0.3 is 0 Å². The van der Waals surface area contributed by atoms with Crippen molar-refractivity contribution in [1.82, 2.24) is 9.29 Å². The molecule has 1 aromatic heterocycles. The Hall–Kier alpha value is -1.97. The summed E-state index contributed by atoms with van der Waals surface area (Å²) in [5, 5.41) is 5.86. The number of halogens is 2. The molecule has 2 aromatic carbocycles. The van der Waals surface area contributed by atoms with E-state index in [2.05, 4.69) is 10.3 Å². The topological polar surface area (TPSA) is 79.4 Å². The van der Waals surface area contributed by atoms with Crippen LogP contribution >= 0.6 is 34.5 Å². The standard InChI is InChI=1S/C24H27Cl2N3O3S2/c1-15(2)12-29(13-16(3)4)34(31,32)19-8-5-17(6-9-19)23(30)28-24-27-22(14-33-24)18-7-10-20(25)21(26)11-18/h5-11,14-16H,12-13H2,1-4H3,(H,27,28,30). The molecule has 3 aromatic rings. The Morgan fingerprint density at radius 2 is 1.62 bits per heavy atom. The van der Waals surface area contributed by atoms with Crippen molar-refractivity contribution in [3.63, 3.8) is 0 Å². The summed E-state index contributed by atoms with van der Waals surface area (Å²) < 4.78 is 27.8. The fraction of sp³-hybridized carbons (Fsp3) is 0.333. The summed E-state index contributed by atoms with van der Waals surface area (Å²) >= 11 is 13.3. The van der Waals surface area contributed by atoms with Crippen molar-refractivity contribution in [2.45, 2.75) is 32.6 Å². The minimum atomic E-state index is -3.66. The van der Waals surface area contributed by atoms with E-state index in [1.165, 1.54) is 39.9 Å². The summed E-state index contributed by atoms with van der Waals surface area (Å²) in [5.74, 6) is 0.0246. The van der Waals surface area contributed by atoms with E-state index < -0.39 is 10.0 Å². The lowest BCUT2D eigenvalue weighted by atomic mass is 10.2. The molecule has 6 nitrogen and oxygen atoms in total. The first-order valence-corrected chi connectivity index (χ1v) is 13.9. The van der Waals surface area contributed by atoms with Gasteiger partial charge in [0.1, 0.15) is 0 Å². The van der Waals surface area contributed by atoms with E-state index in [9.17, 15) is 13.2 Å². The molecule has 0 saturated carbocycles. The number of amides is 1. The lowest BCUT2D eigenvalue weighted by molar-refractivity contribution is 0.102. The summed E-state index contributed by atoms with van der Waals surface area (Å²) in [6, 6.07) is 11.2. The average molecular weight is 541 g/mol. The molecule has 0 atom stereocenters. The van der Waals surface area contributed by atoms with Gasteiger partial charge in [0.05, 0.1) is 20.6 Å². The van der Waals surface area contributed by atoms with Crippen LogP contribution in [0.5, 0.6) is 0 Å². The molecule has 1 heterocycles. The SMILES string of the molecule is CC(C)CN(CC(C)C)S(=O)(=O)c1ccc(C(=O)Nc2nc(-c3ccc(Cl)c(Cl)c3)cs2)cc1. The average Bonchev–Trinajstić information content (AvgIpc) is 3.23. The van der Waals surface area contributed by atoms with Crippen LogP contribution in [0.15, 0.2) is 52.7 Å². The van der Waals surface area contributed by atoms with Gasteiger partial charge in [0.2, 0.25) is 10.0 Å². The van der Waals surface area contributed by atoms with Crippen molar-refractivity contribution in [3.05, 3.63) is 63.5 Å². The normalized spacial score (nSPS) is 12.0. The Morgan fingerprint density at radius 1 is 1.00 bits per heavy atom. The van der Waals surface area contributed by atoms with Gasteiger partial charge in [-0.15, -0.1) is 11.3 Å². The monoisotopic (exact) mass is 539 g/mol. The number of nitrogens with zero attached hydrogens (tertiary/aromatic N) is 2. The highest BCUT2D eigenvalue weighted by Crippen LogP contribution is 2.30. The highest BCUT2D eigenvalue weighted by molar-refractivity contribution is 7.89. The first kappa shape index (κ1) is 26.6. The minimum absolute atomic E-state index is 0.168. The van der Waals surface area contributed by atoms with E-state index in [0.29, 0.717) is 39.5 Å². The molecule has 3 rings (SSSR count). The maximum absolute atomic E-state index is 13.2. The fourth-order valence-corrected chi connectivity index (χ4v) is 6.08. The Morgan fingerprint density at radius 3 is 2.18 bits per heavy atom. The van der Waals surface area contributed by atoms with Crippen molar-refractivity contribution in [1.29, 1.82) is 0 Å². The van der Waals surface area contributed by atoms with Crippen LogP contribution in [0.2, 0.25) is 10.0 Å². The molecule has 10 heteroatoms. The highest BCUT2D eigenvalue weighted by Gasteiger charge is 2.26. The summed E-state index contributed by atoms with van der Waals surface area (Å²) in [6.45, 7) is 8.83. The largest absolute Gasteiger partial charge is 0.298 e. The van der Waals surface area contributed by atoms with Gasteiger partial charge in [0.15, 0.2) is 5.13 Å². The van der Waals surface area contributed by atoms with Crippen LogP contribution in [0.3, 0.4) is 0 Å². The van der Waals surface area contributed by atoms with Gasteiger partial charge in [-0.05, 0) is 48.2 Å². The fourth-order valence-electron chi connectivity index (χ4n) is 3.30. The van der Waals surface area contributed by atoms with Crippen molar-refractivity contribution in [2.24, 2.45) is 11.8 Å². The summed E-state index contributed by atoms with van der Waals surface area (Å²) in [6.07, 6.45) is 0. The number of carbonyl (C=O) groups is 1. The van der Waals surface area contributed by atoms with Crippen molar-refractivity contribution in [3.8, 4) is 11.3 Å². The number of carbonyl (C=O) groups excluding carboxylic acids is 1. The molecule has 0 spiro atoms. The van der Waals surface area contributed by atoms with Crippen LogP contribution in [-0.2, 0) is 10.0 Å². The number of rotatable bonds is 9. The number of benzene rings is 2. The van der Waals surface area contributed by atoms with Crippen molar-refractivity contribution < 1.29 is 13.2 Å². The van der Waals surface area contributed by atoms with E-state index >= 15 is 0 Å². The second-order valence-electron chi connectivity index (χ2n) is 8.76. The molecule has 1 N–H and O–H groups in total. The van der Waals surface area contributed by atoms with Gasteiger partial charge in [-0.1, -0.05) is 57.0 Å². The molecule has 0 fully saturated rings. The Balaban J connectivity index is 1.74. The number of nitrogens with one attached hydrogen (secondary N) is 1. The number of sulfonamides is 1. The highest BCUT2D eigenvalue weighted by atomic mass is 35.5. The summed E-state index contributed by atoms with van der Waals surface area (Å²) in [7, 11) is -3.66. The van der Waals surface area contributed by atoms with Gasteiger partial charge in [0, 0.05) is 29.6 Å². The molecular weight excluding hydrogens is 513 g/mol. The molecule has 0 unspecified atom stereocenters. The van der Waals surface area contributed by atoms with Gasteiger partial charge in [-0.25, -0.2) is 13.4 Å². The molecule has 0 aliphatic carbocycles.